The normalized spacial score (nSPS) is 17.4. The largest absolute Gasteiger partial charge is 0.497 e. The summed E-state index contributed by atoms with van der Waals surface area (Å²) in [6, 6.07) is 19.7. The van der Waals surface area contributed by atoms with Crippen LogP contribution in [0.2, 0.25) is 0 Å². The molecule has 11 nitrogen and oxygen atoms in total. The predicted octanol–water partition coefficient (Wildman–Crippen LogP) is 2.81. The second-order valence-electron chi connectivity index (χ2n) is 9.05. The number of anilines is 1. The minimum Gasteiger partial charge on any atom is -0.497 e. The van der Waals surface area contributed by atoms with Gasteiger partial charge in [-0.05, 0) is 72.6 Å². The van der Waals surface area contributed by atoms with Crippen LogP contribution in [0, 0.1) is 0 Å². The number of thioether (sulfide) groups is 1. The van der Waals surface area contributed by atoms with Gasteiger partial charge in [-0.25, -0.2) is 23.3 Å². The summed E-state index contributed by atoms with van der Waals surface area (Å²) in [5, 5.41) is 19.0. The van der Waals surface area contributed by atoms with E-state index in [1.165, 1.54) is 48.0 Å². The minimum absolute atomic E-state index is 0.0364. The first-order valence-electron chi connectivity index (χ1n) is 12.5. The number of aliphatic hydroxyl groups is 1. The molecule has 2 unspecified atom stereocenters. The molecule has 2 atom stereocenters. The molecule has 0 spiro atoms. The molecular formula is C28H30N4O7S2. The number of ether oxygens (including phenoxy) is 2. The highest BCUT2D eigenvalue weighted by molar-refractivity contribution is 8.15. The van der Waals surface area contributed by atoms with Crippen LogP contribution in [0.25, 0.3) is 0 Å². The summed E-state index contributed by atoms with van der Waals surface area (Å²) in [7, 11) is -0.914. The van der Waals surface area contributed by atoms with E-state index >= 15 is 0 Å². The van der Waals surface area contributed by atoms with Crippen LogP contribution in [0.1, 0.15) is 22.3 Å². The zero-order valence-corrected chi connectivity index (χ0v) is 24.0. The molecule has 0 radical (unpaired) electrons. The average molecular weight is 599 g/mol. The first kappa shape index (κ1) is 30.1. The van der Waals surface area contributed by atoms with Crippen molar-refractivity contribution in [3.63, 3.8) is 0 Å². The molecule has 0 bridgehead atoms. The van der Waals surface area contributed by atoms with E-state index in [2.05, 4.69) is 10.3 Å². The Morgan fingerprint density at radius 1 is 1.07 bits per heavy atom. The lowest BCUT2D eigenvalue weighted by Gasteiger charge is -2.20. The van der Waals surface area contributed by atoms with Crippen LogP contribution >= 0.6 is 11.8 Å². The first-order valence-corrected chi connectivity index (χ1v) is 15.0. The third-order valence-electron chi connectivity index (χ3n) is 6.30. The maximum absolute atomic E-state index is 13.4. The zero-order chi connectivity index (χ0) is 29.6. The van der Waals surface area contributed by atoms with Crippen LogP contribution in [0.3, 0.4) is 0 Å². The molecule has 0 aromatic heterocycles. The van der Waals surface area contributed by atoms with Crippen molar-refractivity contribution in [3.8, 4) is 5.75 Å². The molecule has 1 heterocycles. The molecule has 1 amide bonds. The fourth-order valence-electron chi connectivity index (χ4n) is 4.15. The molecule has 0 aliphatic carbocycles. The highest BCUT2D eigenvalue weighted by atomic mass is 32.2. The summed E-state index contributed by atoms with van der Waals surface area (Å²) in [5.41, 5.74) is 2.32. The maximum Gasteiger partial charge on any atom is 0.337 e. The number of nitrogens with one attached hydrogen (secondary N) is 1. The summed E-state index contributed by atoms with van der Waals surface area (Å²) >= 11 is 1.21. The van der Waals surface area contributed by atoms with Crippen LogP contribution in [-0.2, 0) is 26.0 Å². The number of nitrogens with two attached hydrogens (primary N) is 1. The molecule has 3 aromatic carbocycles. The summed E-state index contributed by atoms with van der Waals surface area (Å²) < 4.78 is 33.0. The summed E-state index contributed by atoms with van der Waals surface area (Å²) in [5.74, 6) is -0.114. The summed E-state index contributed by atoms with van der Waals surface area (Å²) in [4.78, 5) is 31.1. The van der Waals surface area contributed by atoms with E-state index in [-0.39, 0.29) is 17.2 Å². The number of carbonyl (C=O) groups excluding carboxylic acids is 2. The topological polar surface area (TPSA) is 161 Å². The number of rotatable bonds is 9. The number of hydrogen-bond acceptors (Lipinski definition) is 9. The van der Waals surface area contributed by atoms with Gasteiger partial charge in [-0.2, -0.15) is 0 Å². The fraction of sp³-hybridized carbons (Fsp3) is 0.250. The van der Waals surface area contributed by atoms with Gasteiger partial charge in [-0.3, -0.25) is 9.69 Å². The van der Waals surface area contributed by atoms with Gasteiger partial charge >= 0.3 is 5.97 Å². The Balaban J connectivity index is 1.49. The predicted molar refractivity (Wildman–Crippen MR) is 157 cm³/mol. The zero-order valence-electron chi connectivity index (χ0n) is 22.4. The van der Waals surface area contributed by atoms with Gasteiger partial charge in [0.1, 0.15) is 12.0 Å². The van der Waals surface area contributed by atoms with E-state index in [0.29, 0.717) is 40.8 Å². The number of methoxy groups -OCH3 is 2. The monoisotopic (exact) mass is 598 g/mol. The van der Waals surface area contributed by atoms with E-state index in [4.69, 9.17) is 14.6 Å². The van der Waals surface area contributed by atoms with E-state index in [0.717, 1.165) is 5.56 Å². The fourth-order valence-corrected chi connectivity index (χ4v) is 5.76. The van der Waals surface area contributed by atoms with Gasteiger partial charge in [0, 0.05) is 18.7 Å². The Bertz CT molecular complexity index is 1510. The van der Waals surface area contributed by atoms with Crippen molar-refractivity contribution in [2.75, 3.05) is 25.7 Å². The summed E-state index contributed by atoms with van der Waals surface area (Å²) in [6.07, 6.45) is -0.336. The van der Waals surface area contributed by atoms with Gasteiger partial charge in [0.25, 0.3) is 0 Å². The van der Waals surface area contributed by atoms with Gasteiger partial charge in [-0.15, -0.1) is 0 Å². The quantitative estimate of drug-likeness (QED) is 0.191. The van der Waals surface area contributed by atoms with Gasteiger partial charge in [0.15, 0.2) is 5.17 Å². The van der Waals surface area contributed by atoms with E-state index < -0.39 is 27.5 Å². The number of amides is 1. The van der Waals surface area contributed by atoms with Crippen molar-refractivity contribution in [2.45, 2.75) is 29.2 Å². The number of esters is 1. The minimum atomic E-state index is -3.77. The van der Waals surface area contributed by atoms with Crippen molar-refractivity contribution in [1.29, 1.82) is 0 Å². The van der Waals surface area contributed by atoms with Crippen molar-refractivity contribution >= 4 is 50.2 Å². The maximum atomic E-state index is 13.4. The highest BCUT2D eigenvalue weighted by Gasteiger charge is 2.40. The highest BCUT2D eigenvalue weighted by Crippen LogP contribution is 2.33. The van der Waals surface area contributed by atoms with Gasteiger partial charge in [0.2, 0.25) is 15.9 Å². The Kier molecular flexibility index (Phi) is 9.65. The van der Waals surface area contributed by atoms with Crippen LogP contribution in [-0.4, -0.2) is 62.8 Å². The smallest absolute Gasteiger partial charge is 0.337 e. The number of primary sulfonamides is 1. The number of hydrogen-bond donors (Lipinski definition) is 3. The number of amidine groups is 1. The molecule has 13 heteroatoms. The van der Waals surface area contributed by atoms with Crippen molar-refractivity contribution < 1.29 is 32.6 Å². The molecule has 1 fully saturated rings. The van der Waals surface area contributed by atoms with Gasteiger partial charge in [0.05, 0.1) is 35.6 Å². The summed E-state index contributed by atoms with van der Waals surface area (Å²) in [6.45, 7) is 0.443. The second kappa shape index (κ2) is 13.2. The van der Waals surface area contributed by atoms with Crippen LogP contribution in [0.15, 0.2) is 82.7 Å². The van der Waals surface area contributed by atoms with E-state index in [9.17, 15) is 23.1 Å². The third kappa shape index (κ3) is 7.64. The average Bonchev–Trinajstić information content (AvgIpc) is 3.24. The molecule has 4 N–H and O–H groups in total. The molecule has 3 aromatic rings. The molecule has 4 rings (SSSR count). The first-order chi connectivity index (χ1) is 19.6. The third-order valence-corrected chi connectivity index (χ3v) is 8.37. The van der Waals surface area contributed by atoms with Crippen molar-refractivity contribution in [2.24, 2.45) is 10.1 Å². The van der Waals surface area contributed by atoms with Gasteiger partial charge < -0.3 is 19.9 Å². The standard InChI is InChI=1S/C28H30N4O7S2/c1-38-22-11-7-20(8-12-22)31-28(30-16-15-18-3-13-23(14-4-18)41(29,36)37)40-24-17-25(33)32(26(24)34)21-9-5-19(6-10-21)27(35)39-2/h3-14,24-25,33H,15-17H2,1-2H3,(H,30,31)(H2,29,36,37). The Hall–Kier alpha value is -3.91. The number of aliphatic hydroxyl groups excluding tert-OH is 1. The van der Waals surface area contributed by atoms with Crippen LogP contribution < -0.4 is 20.1 Å². The van der Waals surface area contributed by atoms with Crippen LogP contribution in [0.5, 0.6) is 5.75 Å². The second-order valence-corrected chi connectivity index (χ2v) is 11.8. The molecule has 1 saturated heterocycles. The Morgan fingerprint density at radius 3 is 2.32 bits per heavy atom. The van der Waals surface area contributed by atoms with Crippen molar-refractivity contribution in [1.82, 2.24) is 5.32 Å². The molecule has 0 saturated carbocycles. The van der Waals surface area contributed by atoms with E-state index in [1.54, 1.807) is 55.6 Å². The number of aliphatic imine (C=N–C) groups is 1. The van der Waals surface area contributed by atoms with Crippen molar-refractivity contribution in [3.05, 3.63) is 83.9 Å². The molecule has 1 aliphatic heterocycles. The lowest BCUT2D eigenvalue weighted by Crippen LogP contribution is -2.34. The number of carbonyl (C=O) groups is 2. The molecule has 216 valence electrons. The van der Waals surface area contributed by atoms with Crippen LogP contribution in [0.4, 0.5) is 11.4 Å². The molecular weight excluding hydrogens is 568 g/mol. The number of sulfonamides is 1. The lowest BCUT2D eigenvalue weighted by molar-refractivity contribution is -0.117. The number of benzene rings is 3. The molecule has 41 heavy (non-hydrogen) atoms. The van der Waals surface area contributed by atoms with E-state index in [1.807, 2.05) is 0 Å². The lowest BCUT2D eigenvalue weighted by atomic mass is 10.1. The SMILES string of the molecule is COC(=O)c1ccc(N2C(=O)C(S/C(=N/c3ccc(OC)cc3)NCCc3ccc(S(N)(=O)=O)cc3)CC2O)cc1. The molecule has 1 aliphatic rings. The Labute approximate surface area is 242 Å². The Morgan fingerprint density at radius 2 is 1.73 bits per heavy atom. The van der Waals surface area contributed by atoms with Gasteiger partial charge in [-0.1, -0.05) is 23.9 Å². The number of nitrogens with zero attached hydrogens (tertiary/aromatic N) is 2.